The van der Waals surface area contributed by atoms with Crippen LogP contribution in [0.4, 0.5) is 0 Å². The molecule has 0 saturated heterocycles. The Hall–Kier alpha value is -2.45. The van der Waals surface area contributed by atoms with Crippen LogP contribution < -0.4 is 5.32 Å². The second kappa shape index (κ2) is 7.36. The van der Waals surface area contributed by atoms with Crippen molar-refractivity contribution in [2.45, 2.75) is 13.8 Å². The van der Waals surface area contributed by atoms with Crippen LogP contribution in [0.5, 0.6) is 0 Å². The fourth-order valence-electron chi connectivity index (χ4n) is 1.86. The Bertz CT molecular complexity index is 713. The fourth-order valence-corrected chi connectivity index (χ4v) is 1.86. The molecule has 2 rings (SSSR count). The van der Waals surface area contributed by atoms with Crippen molar-refractivity contribution in [2.75, 3.05) is 20.2 Å². The van der Waals surface area contributed by atoms with Crippen LogP contribution in [0, 0.1) is 18.8 Å². The van der Waals surface area contributed by atoms with E-state index in [2.05, 4.69) is 32.3 Å². The number of rotatable bonds is 5. The van der Waals surface area contributed by atoms with E-state index in [0.29, 0.717) is 12.3 Å². The van der Waals surface area contributed by atoms with Crippen LogP contribution in [0.3, 0.4) is 0 Å². The highest BCUT2D eigenvalue weighted by Crippen LogP contribution is 2.16. The van der Waals surface area contributed by atoms with Gasteiger partial charge in [0.2, 0.25) is 0 Å². The highest BCUT2D eigenvalue weighted by molar-refractivity contribution is 6.14. The maximum absolute atomic E-state index is 5.28. The van der Waals surface area contributed by atoms with Crippen molar-refractivity contribution in [2.24, 2.45) is 5.16 Å². The Morgan fingerprint density at radius 2 is 2.24 bits per heavy atom. The monoisotopic (exact) mass is 282 g/mol. The molecular formula is C16H18N4O. The standard InChI is InChI=1S/C16H18N4O/c1-4-5-15(20-21-9-8-17-3)13-6-7-16-14(10-13)12(2)18-11-19-16/h6-7,10-11,17H,8-9H2,1-3H3/b20-15-. The Balaban J connectivity index is 2.35. The van der Waals surface area contributed by atoms with Crippen molar-refractivity contribution < 1.29 is 4.84 Å². The molecule has 0 bridgehead atoms. The van der Waals surface area contributed by atoms with E-state index in [1.807, 2.05) is 32.2 Å². The van der Waals surface area contributed by atoms with Gasteiger partial charge in [-0.05, 0) is 45.0 Å². The molecule has 21 heavy (non-hydrogen) atoms. The van der Waals surface area contributed by atoms with Crippen molar-refractivity contribution in [1.29, 1.82) is 0 Å². The molecular weight excluding hydrogens is 264 g/mol. The minimum Gasteiger partial charge on any atom is -0.393 e. The number of hydrogen-bond donors (Lipinski definition) is 1. The molecule has 0 amide bonds. The van der Waals surface area contributed by atoms with Gasteiger partial charge in [-0.15, -0.1) is 0 Å². The third kappa shape index (κ3) is 3.77. The average Bonchev–Trinajstić information content (AvgIpc) is 2.51. The number of oxime groups is 1. The topological polar surface area (TPSA) is 59.4 Å². The molecule has 0 fully saturated rings. The molecule has 0 aliphatic heterocycles. The van der Waals surface area contributed by atoms with E-state index in [9.17, 15) is 0 Å². The lowest BCUT2D eigenvalue weighted by molar-refractivity contribution is 0.148. The lowest BCUT2D eigenvalue weighted by Gasteiger charge is -2.04. The molecule has 0 aliphatic rings. The molecule has 5 nitrogen and oxygen atoms in total. The maximum atomic E-state index is 5.28. The van der Waals surface area contributed by atoms with Gasteiger partial charge in [-0.2, -0.15) is 0 Å². The number of fused-ring (bicyclic) bond motifs is 1. The van der Waals surface area contributed by atoms with Crippen LogP contribution in [0.1, 0.15) is 18.2 Å². The van der Waals surface area contributed by atoms with Gasteiger partial charge in [-0.3, -0.25) is 0 Å². The largest absolute Gasteiger partial charge is 0.393 e. The van der Waals surface area contributed by atoms with E-state index in [1.165, 1.54) is 0 Å². The fraction of sp³-hybridized carbons (Fsp3) is 0.312. The third-order valence-corrected chi connectivity index (χ3v) is 2.95. The number of nitrogens with one attached hydrogen (secondary N) is 1. The molecule has 1 aromatic carbocycles. The highest BCUT2D eigenvalue weighted by Gasteiger charge is 2.06. The van der Waals surface area contributed by atoms with Gasteiger partial charge in [0, 0.05) is 23.2 Å². The van der Waals surface area contributed by atoms with Crippen molar-refractivity contribution in [3.63, 3.8) is 0 Å². The zero-order valence-electron chi connectivity index (χ0n) is 12.5. The number of benzene rings is 1. The van der Waals surface area contributed by atoms with Gasteiger partial charge in [0.15, 0.2) is 5.71 Å². The summed E-state index contributed by atoms with van der Waals surface area (Å²) in [5, 5.41) is 8.11. The van der Waals surface area contributed by atoms with Crippen LogP contribution in [-0.2, 0) is 4.84 Å². The van der Waals surface area contributed by atoms with Crippen molar-refractivity contribution in [3.8, 4) is 11.8 Å². The quantitative estimate of drug-likeness (QED) is 0.394. The zero-order valence-corrected chi connectivity index (χ0v) is 12.5. The summed E-state index contributed by atoms with van der Waals surface area (Å²) in [4.78, 5) is 13.7. The summed E-state index contributed by atoms with van der Waals surface area (Å²) >= 11 is 0. The van der Waals surface area contributed by atoms with E-state index >= 15 is 0 Å². The molecule has 0 radical (unpaired) electrons. The van der Waals surface area contributed by atoms with Crippen LogP contribution in [-0.4, -0.2) is 35.9 Å². The number of hydrogen-bond acceptors (Lipinski definition) is 5. The molecule has 1 aromatic heterocycles. The summed E-state index contributed by atoms with van der Waals surface area (Å²) in [6, 6.07) is 5.88. The zero-order chi connectivity index (χ0) is 15.1. The molecule has 0 atom stereocenters. The van der Waals surface area contributed by atoms with Crippen molar-refractivity contribution in [1.82, 2.24) is 15.3 Å². The molecule has 5 heteroatoms. The van der Waals surface area contributed by atoms with Gasteiger partial charge in [0.25, 0.3) is 0 Å². The van der Waals surface area contributed by atoms with Crippen molar-refractivity contribution >= 4 is 16.6 Å². The number of likely N-dealkylation sites (N-methyl/N-ethyl adjacent to an activating group) is 1. The summed E-state index contributed by atoms with van der Waals surface area (Å²) in [5.41, 5.74) is 3.35. The highest BCUT2D eigenvalue weighted by atomic mass is 16.6. The van der Waals surface area contributed by atoms with E-state index < -0.39 is 0 Å². The molecule has 0 unspecified atom stereocenters. The molecule has 0 spiro atoms. The van der Waals surface area contributed by atoms with Gasteiger partial charge in [0.05, 0.1) is 5.52 Å². The summed E-state index contributed by atoms with van der Waals surface area (Å²) in [6.45, 7) is 4.97. The van der Waals surface area contributed by atoms with Crippen LogP contribution >= 0.6 is 0 Å². The Morgan fingerprint density at radius 1 is 1.38 bits per heavy atom. The van der Waals surface area contributed by atoms with E-state index in [4.69, 9.17) is 4.84 Å². The Morgan fingerprint density at radius 3 is 3.00 bits per heavy atom. The van der Waals surface area contributed by atoms with Gasteiger partial charge in [-0.25, -0.2) is 9.97 Å². The SMILES string of the molecule is CC#C/C(=N/OCCNC)c1ccc2ncnc(C)c2c1. The predicted octanol–water partition coefficient (Wildman–Crippen LogP) is 1.90. The minimum absolute atomic E-state index is 0.501. The van der Waals surface area contributed by atoms with Crippen LogP contribution in [0.15, 0.2) is 29.7 Å². The predicted molar refractivity (Wildman–Crippen MR) is 84.1 cm³/mol. The second-order valence-corrected chi connectivity index (χ2v) is 4.44. The summed E-state index contributed by atoms with van der Waals surface area (Å²) in [6.07, 6.45) is 1.57. The molecule has 108 valence electrons. The first-order valence-corrected chi connectivity index (χ1v) is 6.75. The van der Waals surface area contributed by atoms with Crippen LogP contribution in [0.25, 0.3) is 10.9 Å². The Kier molecular flexibility index (Phi) is 5.24. The first-order valence-electron chi connectivity index (χ1n) is 6.75. The minimum atomic E-state index is 0.501. The number of aryl methyl sites for hydroxylation is 1. The molecule has 2 aromatic rings. The first kappa shape index (κ1) is 14.9. The van der Waals surface area contributed by atoms with E-state index in [1.54, 1.807) is 13.3 Å². The summed E-state index contributed by atoms with van der Waals surface area (Å²) in [7, 11) is 1.87. The average molecular weight is 282 g/mol. The Labute approximate surface area is 124 Å². The molecule has 1 heterocycles. The van der Waals surface area contributed by atoms with Gasteiger partial charge in [0.1, 0.15) is 12.9 Å². The smallest absolute Gasteiger partial charge is 0.159 e. The maximum Gasteiger partial charge on any atom is 0.159 e. The normalized spacial score (nSPS) is 11.1. The van der Waals surface area contributed by atoms with Gasteiger partial charge < -0.3 is 10.2 Å². The molecule has 1 N–H and O–H groups in total. The summed E-state index contributed by atoms with van der Waals surface area (Å²) < 4.78 is 0. The van der Waals surface area contributed by atoms with E-state index in [0.717, 1.165) is 28.7 Å². The first-order chi connectivity index (χ1) is 10.3. The van der Waals surface area contributed by atoms with Crippen molar-refractivity contribution in [3.05, 3.63) is 35.8 Å². The molecule has 0 saturated carbocycles. The van der Waals surface area contributed by atoms with Crippen LogP contribution in [0.2, 0.25) is 0 Å². The van der Waals surface area contributed by atoms with Gasteiger partial charge >= 0.3 is 0 Å². The molecule has 0 aliphatic carbocycles. The summed E-state index contributed by atoms with van der Waals surface area (Å²) in [5.74, 6) is 5.84. The second-order valence-electron chi connectivity index (χ2n) is 4.44. The van der Waals surface area contributed by atoms with E-state index in [-0.39, 0.29) is 0 Å². The number of aromatic nitrogens is 2. The number of nitrogens with zero attached hydrogens (tertiary/aromatic N) is 3. The third-order valence-electron chi connectivity index (χ3n) is 2.95. The van der Waals surface area contributed by atoms with Gasteiger partial charge in [-0.1, -0.05) is 11.1 Å². The lowest BCUT2D eigenvalue weighted by atomic mass is 10.1. The lowest BCUT2D eigenvalue weighted by Crippen LogP contribution is -2.13.